The van der Waals surface area contributed by atoms with Gasteiger partial charge in [-0.05, 0) is 42.8 Å². The fourth-order valence-corrected chi connectivity index (χ4v) is 4.18. The molecule has 0 fully saturated rings. The van der Waals surface area contributed by atoms with Crippen LogP contribution in [-0.4, -0.2) is 31.6 Å². The van der Waals surface area contributed by atoms with Gasteiger partial charge in [0.05, 0.1) is 42.1 Å². The molecular weight excluding hydrogens is 487 g/mol. The number of fused-ring (bicyclic) bond motifs is 1. The third-order valence-electron chi connectivity index (χ3n) is 5.92. The Hall–Kier alpha value is -5.37. The third kappa shape index (κ3) is 4.46. The van der Waals surface area contributed by atoms with Crippen molar-refractivity contribution in [2.24, 2.45) is 0 Å². The van der Waals surface area contributed by atoms with Gasteiger partial charge in [0.25, 0.3) is 5.56 Å². The molecule has 38 heavy (non-hydrogen) atoms. The summed E-state index contributed by atoms with van der Waals surface area (Å²) in [4.78, 5) is 31.2. The molecule has 0 bridgehead atoms. The average Bonchev–Trinajstić information content (AvgIpc) is 2.92. The second-order valence-electron chi connectivity index (χ2n) is 8.37. The van der Waals surface area contributed by atoms with Gasteiger partial charge in [-0.15, -0.1) is 0 Å². The van der Waals surface area contributed by atoms with Crippen LogP contribution in [0.5, 0.6) is 5.75 Å². The first-order valence-electron chi connectivity index (χ1n) is 11.5. The Morgan fingerprint density at radius 1 is 1.13 bits per heavy atom. The molecule has 11 heteroatoms. The Morgan fingerprint density at radius 3 is 2.71 bits per heavy atom. The van der Waals surface area contributed by atoms with E-state index in [1.54, 1.807) is 49.6 Å². The van der Waals surface area contributed by atoms with Crippen LogP contribution in [0.15, 0.2) is 71.9 Å². The van der Waals surface area contributed by atoms with E-state index in [4.69, 9.17) is 15.5 Å². The molecule has 5 aromatic rings. The highest BCUT2D eigenvalue weighted by Gasteiger charge is 2.22. The van der Waals surface area contributed by atoms with Gasteiger partial charge in [-0.2, -0.15) is 10.2 Å². The normalized spacial score (nSPS) is 11.6. The van der Waals surface area contributed by atoms with Crippen LogP contribution < -0.4 is 21.3 Å². The molecule has 0 saturated carbocycles. The number of nitriles is 1. The van der Waals surface area contributed by atoms with Gasteiger partial charge in [0, 0.05) is 11.8 Å². The maximum Gasteiger partial charge on any atom is 0.266 e. The summed E-state index contributed by atoms with van der Waals surface area (Å²) in [6.45, 7) is 1.75. The van der Waals surface area contributed by atoms with Crippen molar-refractivity contribution in [3.8, 4) is 28.6 Å². The van der Waals surface area contributed by atoms with Gasteiger partial charge < -0.3 is 15.8 Å². The van der Waals surface area contributed by atoms with Gasteiger partial charge >= 0.3 is 0 Å². The molecule has 1 unspecified atom stereocenters. The quantitative estimate of drug-likeness (QED) is 0.347. The molecule has 0 saturated heterocycles. The molecule has 0 amide bonds. The van der Waals surface area contributed by atoms with E-state index in [0.717, 1.165) is 0 Å². The number of methoxy groups -OCH3 is 1. The van der Waals surface area contributed by atoms with Crippen molar-refractivity contribution < 1.29 is 9.13 Å². The number of ether oxygens (including phenoxy) is 1. The maximum atomic E-state index is 14.3. The molecule has 0 aliphatic heterocycles. The molecule has 2 aromatic carbocycles. The Bertz CT molecular complexity index is 1780. The number of nitrogens with one attached hydrogen (secondary N) is 1. The predicted octanol–water partition coefficient (Wildman–Crippen LogP) is 4.01. The molecule has 188 valence electrons. The fourth-order valence-electron chi connectivity index (χ4n) is 4.18. The fraction of sp³-hybridized carbons (Fsp3) is 0.111. The van der Waals surface area contributed by atoms with E-state index in [0.29, 0.717) is 27.8 Å². The maximum absolute atomic E-state index is 14.3. The van der Waals surface area contributed by atoms with E-state index in [9.17, 15) is 14.4 Å². The lowest BCUT2D eigenvalue weighted by atomic mass is 10.0. The number of hydrogen-bond acceptors (Lipinski definition) is 9. The number of hydrogen-bond donors (Lipinski definition) is 2. The molecule has 0 spiro atoms. The molecule has 3 aromatic heterocycles. The minimum Gasteiger partial charge on any atom is -0.495 e. The van der Waals surface area contributed by atoms with Gasteiger partial charge in [-0.25, -0.2) is 14.4 Å². The highest BCUT2D eigenvalue weighted by Crippen LogP contribution is 2.30. The topological polar surface area (TPSA) is 145 Å². The molecule has 0 radical (unpaired) electrons. The van der Waals surface area contributed by atoms with Crippen LogP contribution in [0.3, 0.4) is 0 Å². The first-order valence-corrected chi connectivity index (χ1v) is 11.5. The summed E-state index contributed by atoms with van der Waals surface area (Å²) in [5.41, 5.74) is 7.45. The number of aromatic nitrogens is 5. The Morgan fingerprint density at radius 2 is 1.95 bits per heavy atom. The number of halogens is 1. The van der Waals surface area contributed by atoms with Gasteiger partial charge in [0.1, 0.15) is 34.8 Å². The molecule has 3 N–H and O–H groups in total. The molecule has 1 atom stereocenters. The lowest BCUT2D eigenvalue weighted by molar-refractivity contribution is 0.413. The first kappa shape index (κ1) is 24.3. The minimum absolute atomic E-state index is 0.0239. The standard InChI is InChI=1S/C27H21FN8O2/c1-15(33-24-17(11-29)13-32-27(30)35-24)25-34-22-8-4-7-21(16-9-20(38-2)14-31-12-16)23(22)26(37)36(25)19-6-3-5-18(28)10-19/h3-10,12-15H,1-2H3,(H3,30,32,33,35). The Kier molecular flexibility index (Phi) is 6.37. The third-order valence-corrected chi connectivity index (χ3v) is 5.92. The number of nitrogens with zero attached hydrogens (tertiary/aromatic N) is 6. The van der Waals surface area contributed by atoms with Crippen molar-refractivity contribution in [2.75, 3.05) is 18.2 Å². The average molecular weight is 509 g/mol. The molecule has 10 nitrogen and oxygen atoms in total. The van der Waals surface area contributed by atoms with Gasteiger partial charge in [0.2, 0.25) is 5.95 Å². The summed E-state index contributed by atoms with van der Waals surface area (Å²) in [6.07, 6.45) is 4.50. The first-order chi connectivity index (χ1) is 18.4. The van der Waals surface area contributed by atoms with Crippen LogP contribution in [0, 0.1) is 17.1 Å². The SMILES string of the molecule is COc1cncc(-c2cccc3nc(C(C)Nc4nc(N)ncc4C#N)n(-c4cccc(F)c4)c(=O)c23)c1. The molecule has 3 heterocycles. The van der Waals surface area contributed by atoms with Crippen LogP contribution in [-0.2, 0) is 0 Å². The lowest BCUT2D eigenvalue weighted by Crippen LogP contribution is -2.28. The number of nitrogen functional groups attached to an aromatic ring is 1. The zero-order valence-corrected chi connectivity index (χ0v) is 20.4. The zero-order valence-electron chi connectivity index (χ0n) is 20.4. The van der Waals surface area contributed by atoms with Crippen molar-refractivity contribution in [1.29, 1.82) is 5.26 Å². The monoisotopic (exact) mass is 508 g/mol. The minimum atomic E-state index is -0.654. The van der Waals surface area contributed by atoms with Gasteiger partial charge in [0.15, 0.2) is 0 Å². The van der Waals surface area contributed by atoms with Crippen molar-refractivity contribution in [2.45, 2.75) is 13.0 Å². The van der Waals surface area contributed by atoms with Crippen molar-refractivity contribution in [3.63, 3.8) is 0 Å². The lowest BCUT2D eigenvalue weighted by Gasteiger charge is -2.21. The summed E-state index contributed by atoms with van der Waals surface area (Å²) in [5, 5.41) is 12.9. The van der Waals surface area contributed by atoms with Gasteiger partial charge in [-0.3, -0.25) is 14.3 Å². The summed E-state index contributed by atoms with van der Waals surface area (Å²) in [7, 11) is 1.53. The van der Waals surface area contributed by atoms with E-state index in [2.05, 4.69) is 20.3 Å². The van der Waals surface area contributed by atoms with E-state index in [1.807, 2.05) is 6.07 Å². The highest BCUT2D eigenvalue weighted by molar-refractivity contribution is 5.94. The molecule has 0 aliphatic rings. The summed E-state index contributed by atoms with van der Waals surface area (Å²) in [6, 6.07) is 14.1. The summed E-state index contributed by atoms with van der Waals surface area (Å²) >= 11 is 0. The molecule has 0 aliphatic carbocycles. The molecular formula is C27H21FN8O2. The van der Waals surface area contributed by atoms with Crippen molar-refractivity contribution >= 4 is 22.7 Å². The summed E-state index contributed by atoms with van der Waals surface area (Å²) in [5.74, 6) is 0.453. The van der Waals surface area contributed by atoms with Gasteiger partial charge in [-0.1, -0.05) is 18.2 Å². The number of rotatable bonds is 6. The number of nitrogens with two attached hydrogens (primary N) is 1. The van der Waals surface area contributed by atoms with Crippen molar-refractivity contribution in [3.05, 3.63) is 94.7 Å². The van der Waals surface area contributed by atoms with E-state index >= 15 is 0 Å². The van der Waals surface area contributed by atoms with Crippen LogP contribution >= 0.6 is 0 Å². The smallest absolute Gasteiger partial charge is 0.266 e. The van der Waals surface area contributed by atoms with E-state index < -0.39 is 17.4 Å². The number of pyridine rings is 1. The second-order valence-corrected chi connectivity index (χ2v) is 8.37. The predicted molar refractivity (Wildman–Crippen MR) is 140 cm³/mol. The highest BCUT2D eigenvalue weighted by atomic mass is 19.1. The summed E-state index contributed by atoms with van der Waals surface area (Å²) < 4.78 is 21.0. The van der Waals surface area contributed by atoms with Crippen LogP contribution in [0.2, 0.25) is 0 Å². The van der Waals surface area contributed by atoms with Crippen LogP contribution in [0.4, 0.5) is 16.2 Å². The zero-order chi connectivity index (χ0) is 26.8. The van der Waals surface area contributed by atoms with E-state index in [-0.39, 0.29) is 28.8 Å². The number of benzene rings is 2. The van der Waals surface area contributed by atoms with E-state index in [1.165, 1.54) is 36.1 Å². The van der Waals surface area contributed by atoms with Crippen LogP contribution in [0.1, 0.15) is 24.4 Å². The Balaban J connectivity index is 1.76. The van der Waals surface area contributed by atoms with Crippen LogP contribution in [0.25, 0.3) is 27.7 Å². The second kappa shape index (κ2) is 9.94. The van der Waals surface area contributed by atoms with Crippen molar-refractivity contribution in [1.82, 2.24) is 24.5 Å². The molecule has 5 rings (SSSR count). The largest absolute Gasteiger partial charge is 0.495 e. The Labute approximate surface area is 216 Å². The number of anilines is 2.